The summed E-state index contributed by atoms with van der Waals surface area (Å²) >= 11 is 0. The molecule has 0 aromatic rings. The van der Waals surface area contributed by atoms with E-state index in [1.165, 1.54) is 276 Å². The van der Waals surface area contributed by atoms with Gasteiger partial charge in [-0.3, -0.25) is 18.6 Å². The Bertz CT molecular complexity index is 1860. The van der Waals surface area contributed by atoms with Crippen LogP contribution < -0.4 is 0 Å². The molecular formula is C84H155NO8P+. The fraction of sp³-hybridized carbons (Fsp3) is 0.810. The standard InChI is InChI=1S/C84H154NO8P/c1-6-8-10-12-14-16-18-20-22-24-26-28-30-32-34-36-38-40-41-42-43-45-46-48-50-52-54-56-58-60-62-64-66-68-70-72-74-76-83(86)90-80-82(81-92-94(88,89)91-79-78-85(3,4)5)93-84(87)77-75-73-71-69-67-65-63-61-59-57-55-53-51-49-47-44-39-37-35-33-31-29-27-25-23-21-19-17-15-13-11-9-7-2/h9,11,15,17,21,23-24,26-27,29,33,35,39,44,82H,6-8,10,12-14,16,18-20,22,25,28,30-32,34,36-38,40-43,45-81H2,1-5H3/p+1/b11-9-,17-15-,23-21-,26-24-,29-27-,35-33-,44-39-. The molecule has 548 valence electrons. The number of hydrogen-bond donors (Lipinski definition) is 1. The smallest absolute Gasteiger partial charge is 0.462 e. The van der Waals surface area contributed by atoms with E-state index >= 15 is 0 Å². The molecule has 0 spiro atoms. The van der Waals surface area contributed by atoms with Crippen LogP contribution >= 0.6 is 7.82 Å². The number of esters is 2. The number of carbonyl (C=O) groups excluding carboxylic acids is 2. The monoisotopic (exact) mass is 1340 g/mol. The van der Waals surface area contributed by atoms with E-state index in [0.29, 0.717) is 23.9 Å². The average Bonchev–Trinajstić information content (AvgIpc) is 1.56. The maximum Gasteiger partial charge on any atom is 0.472 e. The van der Waals surface area contributed by atoms with Gasteiger partial charge >= 0.3 is 19.8 Å². The molecule has 0 fully saturated rings. The molecule has 0 aliphatic rings. The molecule has 2 unspecified atom stereocenters. The van der Waals surface area contributed by atoms with Crippen molar-refractivity contribution in [2.24, 2.45) is 0 Å². The lowest BCUT2D eigenvalue weighted by Gasteiger charge is -2.24. The van der Waals surface area contributed by atoms with E-state index in [0.717, 1.165) is 77.0 Å². The molecule has 0 rings (SSSR count). The molecule has 0 amide bonds. The van der Waals surface area contributed by atoms with Gasteiger partial charge in [-0.05, 0) is 89.9 Å². The van der Waals surface area contributed by atoms with Crippen molar-refractivity contribution in [3.63, 3.8) is 0 Å². The number of quaternary nitrogens is 1. The minimum atomic E-state index is -4.40. The number of allylic oxidation sites excluding steroid dienone is 14. The summed E-state index contributed by atoms with van der Waals surface area (Å²) < 4.78 is 34.8. The second-order valence-electron chi connectivity index (χ2n) is 28.4. The highest BCUT2D eigenvalue weighted by Crippen LogP contribution is 2.43. The number of rotatable bonds is 75. The number of hydrogen-bond acceptors (Lipinski definition) is 7. The zero-order valence-corrected chi connectivity index (χ0v) is 63.6. The van der Waals surface area contributed by atoms with Crippen molar-refractivity contribution >= 4 is 19.8 Å². The maximum absolute atomic E-state index is 12.9. The molecule has 0 bridgehead atoms. The predicted octanol–water partition coefficient (Wildman–Crippen LogP) is 26.8. The molecular weight excluding hydrogens is 1180 g/mol. The van der Waals surface area contributed by atoms with E-state index in [-0.39, 0.29) is 25.6 Å². The summed E-state index contributed by atoms with van der Waals surface area (Å²) in [6, 6.07) is 0. The van der Waals surface area contributed by atoms with Gasteiger partial charge in [0.1, 0.15) is 19.8 Å². The first kappa shape index (κ1) is 91.2. The zero-order chi connectivity index (χ0) is 68.3. The summed E-state index contributed by atoms with van der Waals surface area (Å²) in [6.07, 6.45) is 103. The van der Waals surface area contributed by atoms with Crippen LogP contribution in [0.3, 0.4) is 0 Å². The van der Waals surface area contributed by atoms with Crippen LogP contribution in [-0.4, -0.2) is 74.9 Å². The highest BCUT2D eigenvalue weighted by atomic mass is 31.2. The number of carbonyl (C=O) groups is 2. The first-order valence-corrected chi connectivity index (χ1v) is 41.8. The van der Waals surface area contributed by atoms with Crippen LogP contribution in [0.25, 0.3) is 0 Å². The first-order chi connectivity index (χ1) is 46.0. The molecule has 9 nitrogen and oxygen atoms in total. The average molecular weight is 1340 g/mol. The molecule has 0 aromatic heterocycles. The molecule has 1 N–H and O–H groups in total. The van der Waals surface area contributed by atoms with Crippen molar-refractivity contribution in [3.8, 4) is 0 Å². The minimum absolute atomic E-state index is 0.0313. The molecule has 0 aliphatic heterocycles. The van der Waals surface area contributed by atoms with Crippen molar-refractivity contribution in [3.05, 3.63) is 85.1 Å². The van der Waals surface area contributed by atoms with Gasteiger partial charge in [-0.15, -0.1) is 0 Å². The number of nitrogens with zero attached hydrogens (tertiary/aromatic N) is 1. The Kier molecular flexibility index (Phi) is 72.2. The molecule has 0 aromatic carbocycles. The predicted molar refractivity (Wildman–Crippen MR) is 409 cm³/mol. The van der Waals surface area contributed by atoms with Crippen LogP contribution in [0.15, 0.2) is 85.1 Å². The molecule has 0 saturated carbocycles. The Balaban J connectivity index is 3.93. The summed E-state index contributed by atoms with van der Waals surface area (Å²) in [4.78, 5) is 36.0. The maximum atomic E-state index is 12.9. The summed E-state index contributed by atoms with van der Waals surface area (Å²) in [6.45, 7) is 4.37. The van der Waals surface area contributed by atoms with Crippen molar-refractivity contribution in [2.75, 3.05) is 47.5 Å². The van der Waals surface area contributed by atoms with Gasteiger partial charge in [0.05, 0.1) is 27.7 Å². The Morgan fingerprint density at radius 1 is 0.340 bits per heavy atom. The molecule has 10 heteroatoms. The van der Waals surface area contributed by atoms with Crippen LogP contribution in [0.4, 0.5) is 0 Å². The zero-order valence-electron chi connectivity index (χ0n) is 62.7. The van der Waals surface area contributed by atoms with Gasteiger partial charge in [0.2, 0.25) is 0 Å². The highest BCUT2D eigenvalue weighted by molar-refractivity contribution is 7.47. The third-order valence-electron chi connectivity index (χ3n) is 17.9. The molecule has 0 heterocycles. The summed E-state index contributed by atoms with van der Waals surface area (Å²) in [5, 5.41) is 0. The minimum Gasteiger partial charge on any atom is -0.462 e. The van der Waals surface area contributed by atoms with E-state index < -0.39 is 26.5 Å². The van der Waals surface area contributed by atoms with Crippen LogP contribution in [0.1, 0.15) is 386 Å². The fourth-order valence-electron chi connectivity index (χ4n) is 11.8. The van der Waals surface area contributed by atoms with Gasteiger partial charge in [0.25, 0.3) is 0 Å². The van der Waals surface area contributed by atoms with Crippen molar-refractivity contribution < 1.29 is 42.1 Å². The van der Waals surface area contributed by atoms with Crippen molar-refractivity contribution in [1.29, 1.82) is 0 Å². The molecule has 0 radical (unpaired) electrons. The third kappa shape index (κ3) is 78.2. The van der Waals surface area contributed by atoms with E-state index in [4.69, 9.17) is 18.5 Å². The van der Waals surface area contributed by atoms with Gasteiger partial charge in [0.15, 0.2) is 6.10 Å². The highest BCUT2D eigenvalue weighted by Gasteiger charge is 2.27. The van der Waals surface area contributed by atoms with Gasteiger partial charge in [-0.1, -0.05) is 369 Å². The lowest BCUT2D eigenvalue weighted by molar-refractivity contribution is -0.870. The Morgan fingerprint density at radius 3 is 0.915 bits per heavy atom. The SMILES string of the molecule is CC/C=C\C/C=C\C/C=C\C/C=C\C/C=C\C/C=C\CCCCCCCCCCCCCCCCC(=O)OC(COC(=O)CCCCCCCCCCCCCCCCCCCCCCCCCCC/C=C\CCCCCCCCCC)COP(=O)(O)OCC[N+](C)(C)C. The Labute approximate surface area is 583 Å². The van der Waals surface area contributed by atoms with Crippen LogP contribution in [-0.2, 0) is 32.7 Å². The van der Waals surface area contributed by atoms with Crippen LogP contribution in [0, 0.1) is 0 Å². The lowest BCUT2D eigenvalue weighted by Crippen LogP contribution is -2.37. The van der Waals surface area contributed by atoms with Crippen molar-refractivity contribution in [2.45, 2.75) is 392 Å². The number of phosphoric acid groups is 1. The van der Waals surface area contributed by atoms with Gasteiger partial charge in [0, 0.05) is 12.8 Å². The normalized spacial score (nSPS) is 13.5. The quantitative estimate of drug-likeness (QED) is 0.0211. The summed E-state index contributed by atoms with van der Waals surface area (Å²) in [5.74, 6) is -0.782. The first-order valence-electron chi connectivity index (χ1n) is 40.3. The fourth-order valence-corrected chi connectivity index (χ4v) is 12.5. The third-order valence-corrected chi connectivity index (χ3v) is 18.9. The summed E-state index contributed by atoms with van der Waals surface area (Å²) in [7, 11) is 1.49. The number of likely N-dealkylation sites (N-methyl/N-ethyl adjacent to an activating group) is 1. The Morgan fingerprint density at radius 2 is 0.606 bits per heavy atom. The molecule has 0 aliphatic carbocycles. The van der Waals surface area contributed by atoms with E-state index in [1.54, 1.807) is 0 Å². The van der Waals surface area contributed by atoms with Gasteiger partial charge in [-0.25, -0.2) is 4.57 Å². The Hall–Kier alpha value is -2.81. The number of unbranched alkanes of at least 4 members (excludes halogenated alkanes) is 47. The van der Waals surface area contributed by atoms with Crippen molar-refractivity contribution in [1.82, 2.24) is 0 Å². The van der Waals surface area contributed by atoms with Crippen LogP contribution in [0.2, 0.25) is 0 Å². The number of ether oxygens (including phenoxy) is 2. The molecule has 94 heavy (non-hydrogen) atoms. The van der Waals surface area contributed by atoms with Crippen LogP contribution in [0.5, 0.6) is 0 Å². The van der Waals surface area contributed by atoms with Gasteiger partial charge < -0.3 is 18.9 Å². The number of phosphoric ester groups is 1. The second kappa shape index (κ2) is 74.4. The van der Waals surface area contributed by atoms with E-state index in [9.17, 15) is 19.0 Å². The summed E-state index contributed by atoms with van der Waals surface area (Å²) in [5.41, 5.74) is 0. The lowest BCUT2D eigenvalue weighted by atomic mass is 10.0. The second-order valence-corrected chi connectivity index (χ2v) is 29.9. The molecule has 2 atom stereocenters. The van der Waals surface area contributed by atoms with Gasteiger partial charge in [-0.2, -0.15) is 0 Å². The molecule has 0 saturated heterocycles. The largest absolute Gasteiger partial charge is 0.472 e. The van der Waals surface area contributed by atoms with E-state index in [2.05, 4.69) is 98.9 Å². The van der Waals surface area contributed by atoms with E-state index in [1.807, 2.05) is 21.1 Å². The topological polar surface area (TPSA) is 108 Å².